The van der Waals surface area contributed by atoms with Gasteiger partial charge in [0.25, 0.3) is 0 Å². The summed E-state index contributed by atoms with van der Waals surface area (Å²) in [4.78, 5) is 0. The molecule has 0 amide bonds. The Morgan fingerprint density at radius 3 is 2.41 bits per heavy atom. The number of halogens is 2. The van der Waals surface area contributed by atoms with Crippen LogP contribution >= 0.6 is 34.5 Å². The van der Waals surface area contributed by atoms with Crippen LogP contribution in [0, 0.1) is 5.92 Å². The van der Waals surface area contributed by atoms with Gasteiger partial charge in [0.15, 0.2) is 0 Å². The molecule has 1 heterocycles. The molecule has 0 aromatic carbocycles. The number of ether oxygens (including phenoxy) is 1. The van der Waals surface area contributed by atoms with E-state index in [1.54, 1.807) is 7.11 Å². The van der Waals surface area contributed by atoms with Crippen LogP contribution in [-0.4, -0.2) is 19.8 Å². The topological polar surface area (TPSA) is 21.3 Å². The van der Waals surface area contributed by atoms with Crippen molar-refractivity contribution in [2.45, 2.75) is 32.9 Å². The smallest absolute Gasteiger partial charge is 0.0991 e. The van der Waals surface area contributed by atoms with Gasteiger partial charge in [-0.3, -0.25) is 0 Å². The Labute approximate surface area is 117 Å². The van der Waals surface area contributed by atoms with Crippen molar-refractivity contribution >= 4 is 34.5 Å². The molecule has 98 valence electrons. The first-order valence-electron chi connectivity index (χ1n) is 5.65. The lowest BCUT2D eigenvalue weighted by Gasteiger charge is -2.25. The van der Waals surface area contributed by atoms with E-state index in [9.17, 15) is 0 Å². The number of methoxy groups -OCH3 is 1. The van der Waals surface area contributed by atoms with Crippen LogP contribution in [0.4, 0.5) is 0 Å². The van der Waals surface area contributed by atoms with E-state index in [4.69, 9.17) is 27.9 Å². The molecule has 1 aromatic rings. The molecule has 0 aliphatic heterocycles. The molecule has 5 heteroatoms. The Morgan fingerprint density at radius 2 is 2.00 bits per heavy atom. The number of hydrogen-bond donors (Lipinski definition) is 1. The molecular formula is C12H19Cl2NOS. The average molecular weight is 296 g/mol. The third kappa shape index (κ3) is 4.42. The van der Waals surface area contributed by atoms with Crippen LogP contribution in [0.1, 0.15) is 32.4 Å². The van der Waals surface area contributed by atoms with Gasteiger partial charge in [0.2, 0.25) is 0 Å². The van der Waals surface area contributed by atoms with Gasteiger partial charge in [-0.25, -0.2) is 0 Å². The summed E-state index contributed by atoms with van der Waals surface area (Å²) >= 11 is 13.5. The molecule has 0 aliphatic carbocycles. The fraction of sp³-hybridized carbons (Fsp3) is 0.667. The molecule has 0 bridgehead atoms. The Hall–Kier alpha value is 0.200. The lowest BCUT2D eigenvalue weighted by molar-refractivity contribution is 0.141. The highest BCUT2D eigenvalue weighted by Crippen LogP contribution is 2.35. The molecule has 1 aromatic heterocycles. The lowest BCUT2D eigenvalue weighted by atomic mass is 10.0. The molecule has 1 N–H and O–H groups in total. The van der Waals surface area contributed by atoms with Crippen LogP contribution < -0.4 is 5.32 Å². The van der Waals surface area contributed by atoms with Gasteiger partial charge >= 0.3 is 0 Å². The Bertz CT molecular complexity index is 354. The summed E-state index contributed by atoms with van der Waals surface area (Å²) < 4.78 is 6.71. The van der Waals surface area contributed by atoms with Gasteiger partial charge in [-0.15, -0.1) is 11.3 Å². The molecule has 1 rings (SSSR count). The SMILES string of the molecule is COCC(NC(C)c1cc(Cl)sc1Cl)C(C)C. The minimum Gasteiger partial charge on any atom is -0.383 e. The summed E-state index contributed by atoms with van der Waals surface area (Å²) in [5, 5.41) is 3.53. The second-order valence-electron chi connectivity index (χ2n) is 4.47. The minimum atomic E-state index is 0.175. The van der Waals surface area contributed by atoms with E-state index in [0.29, 0.717) is 18.6 Å². The van der Waals surface area contributed by atoms with Crippen molar-refractivity contribution in [1.82, 2.24) is 5.32 Å². The van der Waals surface area contributed by atoms with Crippen LogP contribution in [0.5, 0.6) is 0 Å². The van der Waals surface area contributed by atoms with Crippen molar-refractivity contribution in [3.8, 4) is 0 Å². The lowest BCUT2D eigenvalue weighted by Crippen LogP contribution is -2.39. The summed E-state index contributed by atoms with van der Waals surface area (Å²) in [5.74, 6) is 0.505. The van der Waals surface area contributed by atoms with Crippen molar-refractivity contribution in [1.29, 1.82) is 0 Å². The molecule has 0 saturated carbocycles. The van der Waals surface area contributed by atoms with Crippen LogP contribution in [0.25, 0.3) is 0 Å². The van der Waals surface area contributed by atoms with Gasteiger partial charge in [-0.05, 0) is 24.5 Å². The van der Waals surface area contributed by atoms with E-state index in [2.05, 4.69) is 26.1 Å². The minimum absolute atomic E-state index is 0.175. The maximum absolute atomic E-state index is 6.14. The standard InChI is InChI=1S/C12H19Cl2NOS/c1-7(2)10(6-16-4)15-8(3)9-5-11(13)17-12(9)14/h5,7-8,10,15H,6H2,1-4H3. The molecule has 0 spiro atoms. The predicted octanol–water partition coefficient (Wildman–Crippen LogP) is 4.38. The number of thiophene rings is 1. The van der Waals surface area contributed by atoms with Crippen molar-refractivity contribution in [2.75, 3.05) is 13.7 Å². The molecule has 0 radical (unpaired) electrons. The quantitative estimate of drug-likeness (QED) is 0.841. The monoisotopic (exact) mass is 295 g/mol. The Morgan fingerprint density at radius 1 is 1.35 bits per heavy atom. The number of nitrogens with one attached hydrogen (secondary N) is 1. The summed E-state index contributed by atoms with van der Waals surface area (Å²) in [5.41, 5.74) is 1.06. The molecule has 0 saturated heterocycles. The molecule has 0 aliphatic rings. The summed E-state index contributed by atoms with van der Waals surface area (Å²) in [6, 6.07) is 2.41. The van der Waals surface area contributed by atoms with Crippen molar-refractivity contribution < 1.29 is 4.74 Å². The first kappa shape index (κ1) is 15.3. The zero-order valence-electron chi connectivity index (χ0n) is 10.6. The molecule has 17 heavy (non-hydrogen) atoms. The van der Waals surface area contributed by atoms with Gasteiger partial charge in [0.05, 0.1) is 15.3 Å². The summed E-state index contributed by atoms with van der Waals surface area (Å²) in [7, 11) is 1.72. The summed E-state index contributed by atoms with van der Waals surface area (Å²) in [6.07, 6.45) is 0. The van der Waals surface area contributed by atoms with Gasteiger partial charge in [0.1, 0.15) is 0 Å². The maximum atomic E-state index is 6.14. The van der Waals surface area contributed by atoms with Crippen LogP contribution in [0.3, 0.4) is 0 Å². The van der Waals surface area contributed by atoms with Gasteiger partial charge in [0, 0.05) is 19.2 Å². The van der Waals surface area contributed by atoms with E-state index in [0.717, 1.165) is 14.2 Å². The van der Waals surface area contributed by atoms with E-state index in [1.165, 1.54) is 11.3 Å². The van der Waals surface area contributed by atoms with Crippen LogP contribution in [0.2, 0.25) is 8.67 Å². The van der Waals surface area contributed by atoms with E-state index in [1.807, 2.05) is 6.07 Å². The van der Waals surface area contributed by atoms with Gasteiger partial charge in [-0.2, -0.15) is 0 Å². The van der Waals surface area contributed by atoms with E-state index < -0.39 is 0 Å². The third-order valence-corrected chi connectivity index (χ3v) is 4.28. The van der Waals surface area contributed by atoms with Crippen LogP contribution in [0.15, 0.2) is 6.07 Å². The molecule has 2 atom stereocenters. The van der Waals surface area contributed by atoms with E-state index in [-0.39, 0.29) is 6.04 Å². The normalized spacial score (nSPS) is 15.2. The average Bonchev–Trinajstić information content (AvgIpc) is 2.57. The predicted molar refractivity (Wildman–Crippen MR) is 76.4 cm³/mol. The molecule has 2 unspecified atom stereocenters. The Balaban J connectivity index is 2.69. The number of rotatable bonds is 6. The Kier molecular flexibility index (Phi) is 6.24. The van der Waals surface area contributed by atoms with Crippen LogP contribution in [-0.2, 0) is 4.74 Å². The van der Waals surface area contributed by atoms with Crippen molar-refractivity contribution in [2.24, 2.45) is 5.92 Å². The van der Waals surface area contributed by atoms with Gasteiger partial charge in [-0.1, -0.05) is 37.0 Å². The third-order valence-electron chi connectivity index (χ3n) is 2.76. The van der Waals surface area contributed by atoms with Crippen molar-refractivity contribution in [3.05, 3.63) is 20.3 Å². The molecular weight excluding hydrogens is 277 g/mol. The fourth-order valence-corrected chi connectivity index (χ4v) is 3.32. The zero-order valence-corrected chi connectivity index (χ0v) is 12.9. The largest absolute Gasteiger partial charge is 0.383 e. The molecule has 0 fully saturated rings. The first-order chi connectivity index (χ1) is 7.95. The van der Waals surface area contributed by atoms with Crippen molar-refractivity contribution in [3.63, 3.8) is 0 Å². The number of hydrogen-bond acceptors (Lipinski definition) is 3. The van der Waals surface area contributed by atoms with Gasteiger partial charge < -0.3 is 10.1 Å². The second-order valence-corrected chi connectivity index (χ2v) is 6.76. The zero-order chi connectivity index (χ0) is 13.0. The maximum Gasteiger partial charge on any atom is 0.0991 e. The highest BCUT2D eigenvalue weighted by Gasteiger charge is 2.19. The highest BCUT2D eigenvalue weighted by molar-refractivity contribution is 7.20. The first-order valence-corrected chi connectivity index (χ1v) is 7.22. The highest BCUT2D eigenvalue weighted by atomic mass is 35.5. The second kappa shape index (κ2) is 6.95. The molecule has 2 nitrogen and oxygen atoms in total. The van der Waals surface area contributed by atoms with E-state index >= 15 is 0 Å². The fourth-order valence-electron chi connectivity index (χ4n) is 1.67. The summed E-state index contributed by atoms with van der Waals surface area (Å²) in [6.45, 7) is 7.13.